The van der Waals surface area contributed by atoms with Gasteiger partial charge in [-0.3, -0.25) is 4.79 Å². The molecular formula is C15H16N4O3. The summed E-state index contributed by atoms with van der Waals surface area (Å²) in [7, 11) is 0. The highest BCUT2D eigenvalue weighted by atomic mass is 16.5. The van der Waals surface area contributed by atoms with Crippen LogP contribution < -0.4 is 11.1 Å². The first-order valence-corrected chi connectivity index (χ1v) is 7.03. The molecular weight excluding hydrogens is 284 g/mol. The molecule has 0 bridgehead atoms. The molecule has 114 valence electrons. The van der Waals surface area contributed by atoms with Crippen molar-refractivity contribution in [3.8, 4) is 0 Å². The van der Waals surface area contributed by atoms with Crippen molar-refractivity contribution in [2.45, 2.75) is 0 Å². The summed E-state index contributed by atoms with van der Waals surface area (Å²) in [6, 6.07) is 10.3. The molecule has 0 spiro atoms. The van der Waals surface area contributed by atoms with E-state index in [4.69, 9.17) is 4.74 Å². The van der Waals surface area contributed by atoms with Gasteiger partial charge in [0.25, 0.3) is 0 Å². The maximum Gasteiger partial charge on any atom is 0.347 e. The van der Waals surface area contributed by atoms with Gasteiger partial charge < -0.3 is 15.1 Å². The summed E-state index contributed by atoms with van der Waals surface area (Å²) in [5, 5.41) is 1.90. The molecule has 1 aliphatic rings. The Kier molecular flexibility index (Phi) is 4.27. The van der Waals surface area contributed by atoms with Crippen LogP contribution in [0, 0.1) is 0 Å². The van der Waals surface area contributed by atoms with E-state index in [1.165, 1.54) is 0 Å². The van der Waals surface area contributed by atoms with Crippen molar-refractivity contribution < 1.29 is 9.53 Å². The zero-order chi connectivity index (χ0) is 15.4. The zero-order valence-corrected chi connectivity index (χ0v) is 11.9. The van der Waals surface area contributed by atoms with E-state index in [9.17, 15) is 9.59 Å². The number of benzene rings is 1. The van der Waals surface area contributed by atoms with Crippen LogP contribution in [0.15, 0.2) is 41.2 Å². The minimum Gasteiger partial charge on any atom is -0.379 e. The van der Waals surface area contributed by atoms with Crippen molar-refractivity contribution >= 4 is 11.6 Å². The molecule has 1 aromatic carbocycles. The SMILES string of the molecule is O=C(c1ccccc1)c1cc(NN2CCOCC2)nc(=O)[nH]1. The van der Waals surface area contributed by atoms with Crippen molar-refractivity contribution in [3.63, 3.8) is 0 Å². The normalized spacial score (nSPS) is 15.5. The second-order valence-electron chi connectivity index (χ2n) is 4.89. The highest BCUT2D eigenvalue weighted by Gasteiger charge is 2.14. The number of nitrogens with zero attached hydrogens (tertiary/aromatic N) is 2. The predicted octanol–water partition coefficient (Wildman–Crippen LogP) is 0.660. The Labute approximate surface area is 126 Å². The summed E-state index contributed by atoms with van der Waals surface area (Å²) in [5.41, 5.74) is 3.21. The van der Waals surface area contributed by atoms with E-state index < -0.39 is 5.69 Å². The minimum absolute atomic E-state index is 0.210. The van der Waals surface area contributed by atoms with Crippen LogP contribution in [-0.2, 0) is 4.74 Å². The Morgan fingerprint density at radius 1 is 1.23 bits per heavy atom. The molecule has 3 rings (SSSR count). The lowest BCUT2D eigenvalue weighted by atomic mass is 10.1. The fraction of sp³-hybridized carbons (Fsp3) is 0.267. The molecule has 1 saturated heterocycles. The van der Waals surface area contributed by atoms with Crippen molar-refractivity contribution in [2.24, 2.45) is 0 Å². The topological polar surface area (TPSA) is 87.3 Å². The number of carbonyl (C=O) groups excluding carboxylic acids is 1. The van der Waals surface area contributed by atoms with Gasteiger partial charge >= 0.3 is 5.69 Å². The fourth-order valence-electron chi connectivity index (χ4n) is 2.22. The van der Waals surface area contributed by atoms with Crippen molar-refractivity contribution in [1.29, 1.82) is 0 Å². The number of hydrogen-bond donors (Lipinski definition) is 2. The standard InChI is InChI=1S/C15H16N4O3/c20-14(11-4-2-1-3-5-11)12-10-13(17-15(21)16-12)18-19-6-8-22-9-7-19/h1-5,10H,6-9H2,(H2,16,17,18,21). The van der Waals surface area contributed by atoms with Crippen LogP contribution in [0.1, 0.15) is 16.1 Å². The molecule has 7 nitrogen and oxygen atoms in total. The summed E-state index contributed by atoms with van der Waals surface area (Å²) in [6.45, 7) is 2.62. The maximum absolute atomic E-state index is 12.4. The van der Waals surface area contributed by atoms with E-state index in [-0.39, 0.29) is 11.5 Å². The van der Waals surface area contributed by atoms with Gasteiger partial charge in [0, 0.05) is 24.7 Å². The molecule has 7 heteroatoms. The van der Waals surface area contributed by atoms with Crippen molar-refractivity contribution in [3.05, 3.63) is 58.1 Å². The van der Waals surface area contributed by atoms with Crippen LogP contribution >= 0.6 is 0 Å². The second-order valence-corrected chi connectivity index (χ2v) is 4.89. The molecule has 0 aliphatic carbocycles. The molecule has 2 aromatic rings. The molecule has 0 unspecified atom stereocenters. The average Bonchev–Trinajstić information content (AvgIpc) is 2.55. The largest absolute Gasteiger partial charge is 0.379 e. The molecule has 0 saturated carbocycles. The highest BCUT2D eigenvalue weighted by molar-refractivity contribution is 6.07. The van der Waals surface area contributed by atoms with Gasteiger partial charge in [0.05, 0.1) is 18.9 Å². The number of ether oxygens (including phenoxy) is 1. The summed E-state index contributed by atoms with van der Waals surface area (Å²) in [5.74, 6) is 0.107. The second kappa shape index (κ2) is 6.50. The molecule has 0 radical (unpaired) electrons. The number of anilines is 1. The Morgan fingerprint density at radius 2 is 1.95 bits per heavy atom. The first kappa shape index (κ1) is 14.4. The monoisotopic (exact) mass is 300 g/mol. The predicted molar refractivity (Wildman–Crippen MR) is 80.7 cm³/mol. The van der Waals surface area contributed by atoms with E-state index >= 15 is 0 Å². The van der Waals surface area contributed by atoms with Gasteiger partial charge in [0.15, 0.2) is 0 Å². The number of morpholine rings is 1. The Morgan fingerprint density at radius 3 is 2.68 bits per heavy atom. The number of aromatic amines is 1. The van der Waals surface area contributed by atoms with Crippen LogP contribution in [0.3, 0.4) is 0 Å². The van der Waals surface area contributed by atoms with E-state index in [1.807, 2.05) is 11.1 Å². The number of nitrogens with one attached hydrogen (secondary N) is 2. The third-order valence-electron chi connectivity index (χ3n) is 3.31. The van der Waals surface area contributed by atoms with Gasteiger partial charge in [-0.1, -0.05) is 30.3 Å². The van der Waals surface area contributed by atoms with E-state index in [2.05, 4.69) is 15.4 Å². The molecule has 1 aromatic heterocycles. The number of hydrogen-bond acceptors (Lipinski definition) is 6. The number of H-pyrrole nitrogens is 1. The highest BCUT2D eigenvalue weighted by Crippen LogP contribution is 2.10. The van der Waals surface area contributed by atoms with E-state index in [1.54, 1.807) is 30.3 Å². The fourth-order valence-corrected chi connectivity index (χ4v) is 2.22. The van der Waals surface area contributed by atoms with Crippen LogP contribution in [-0.4, -0.2) is 47.1 Å². The van der Waals surface area contributed by atoms with Crippen LogP contribution in [0.4, 0.5) is 5.82 Å². The zero-order valence-electron chi connectivity index (χ0n) is 11.9. The number of aromatic nitrogens is 2. The average molecular weight is 300 g/mol. The third kappa shape index (κ3) is 3.38. The Bertz CT molecular complexity index is 708. The summed E-state index contributed by atoms with van der Waals surface area (Å²) in [6.07, 6.45) is 0. The van der Waals surface area contributed by atoms with Gasteiger partial charge in [0.2, 0.25) is 5.78 Å². The van der Waals surface area contributed by atoms with Gasteiger partial charge in [-0.2, -0.15) is 4.98 Å². The lowest BCUT2D eigenvalue weighted by Crippen LogP contribution is -2.41. The summed E-state index contributed by atoms with van der Waals surface area (Å²) in [4.78, 5) is 30.4. The van der Waals surface area contributed by atoms with Gasteiger partial charge in [-0.05, 0) is 0 Å². The summed E-state index contributed by atoms with van der Waals surface area (Å²) < 4.78 is 5.26. The number of ketones is 1. The quantitative estimate of drug-likeness (QED) is 0.807. The number of rotatable bonds is 4. The third-order valence-corrected chi connectivity index (χ3v) is 3.31. The lowest BCUT2D eigenvalue weighted by molar-refractivity contribution is 0.0494. The number of carbonyl (C=O) groups is 1. The lowest BCUT2D eigenvalue weighted by Gasteiger charge is -2.27. The van der Waals surface area contributed by atoms with Crippen molar-refractivity contribution in [1.82, 2.24) is 15.0 Å². The molecule has 1 fully saturated rings. The van der Waals surface area contributed by atoms with Gasteiger partial charge in [-0.25, -0.2) is 9.80 Å². The van der Waals surface area contributed by atoms with Gasteiger partial charge in [0.1, 0.15) is 5.82 Å². The first-order chi connectivity index (χ1) is 10.7. The minimum atomic E-state index is -0.558. The molecule has 1 aliphatic heterocycles. The van der Waals surface area contributed by atoms with E-state index in [0.717, 1.165) is 0 Å². The molecule has 2 heterocycles. The van der Waals surface area contributed by atoms with Crippen molar-refractivity contribution in [2.75, 3.05) is 31.7 Å². The Balaban J connectivity index is 1.83. The molecule has 22 heavy (non-hydrogen) atoms. The Hall–Kier alpha value is -2.51. The van der Waals surface area contributed by atoms with Crippen LogP contribution in [0.5, 0.6) is 0 Å². The van der Waals surface area contributed by atoms with Gasteiger partial charge in [-0.15, -0.1) is 0 Å². The maximum atomic E-state index is 12.4. The molecule has 2 N–H and O–H groups in total. The smallest absolute Gasteiger partial charge is 0.347 e. The van der Waals surface area contributed by atoms with Crippen LogP contribution in [0.2, 0.25) is 0 Å². The molecule has 0 atom stereocenters. The van der Waals surface area contributed by atoms with Crippen LogP contribution in [0.25, 0.3) is 0 Å². The summed E-state index contributed by atoms with van der Waals surface area (Å²) >= 11 is 0. The number of hydrazine groups is 1. The molecule has 0 amide bonds. The van der Waals surface area contributed by atoms with E-state index in [0.29, 0.717) is 37.7 Å². The first-order valence-electron chi connectivity index (χ1n) is 7.03.